The number of aromatic nitrogens is 1. The molecule has 18 heavy (non-hydrogen) atoms. The normalized spacial score (nSPS) is 10.6. The molecule has 0 unspecified atom stereocenters. The molecular weight excluding hydrogens is 244 g/mol. The van der Waals surface area contributed by atoms with E-state index in [4.69, 9.17) is 10.5 Å². The summed E-state index contributed by atoms with van der Waals surface area (Å²) in [6.07, 6.45) is 2.24. The van der Waals surface area contributed by atoms with Crippen LogP contribution in [0.2, 0.25) is 0 Å². The first-order valence-electron chi connectivity index (χ1n) is 6.21. The van der Waals surface area contributed by atoms with Gasteiger partial charge in [0.25, 0.3) is 0 Å². The average molecular weight is 262 g/mol. The van der Waals surface area contributed by atoms with Crippen molar-refractivity contribution >= 4 is 11.3 Å². The van der Waals surface area contributed by atoms with Gasteiger partial charge in [-0.05, 0) is 30.7 Å². The van der Waals surface area contributed by atoms with Crippen molar-refractivity contribution in [3.63, 3.8) is 0 Å². The molecule has 1 aromatic heterocycles. The van der Waals surface area contributed by atoms with Crippen LogP contribution in [-0.4, -0.2) is 11.6 Å². The van der Waals surface area contributed by atoms with Crippen molar-refractivity contribution in [2.75, 3.05) is 6.61 Å². The molecule has 96 valence electrons. The van der Waals surface area contributed by atoms with Crippen molar-refractivity contribution in [3.05, 3.63) is 35.3 Å². The number of hydrogen-bond acceptors (Lipinski definition) is 4. The summed E-state index contributed by atoms with van der Waals surface area (Å²) in [4.78, 5) is 4.46. The second-order valence-corrected chi connectivity index (χ2v) is 4.93. The fourth-order valence-corrected chi connectivity index (χ4v) is 2.40. The Hall–Kier alpha value is -1.39. The summed E-state index contributed by atoms with van der Waals surface area (Å²) in [6, 6.07) is 8.07. The quantitative estimate of drug-likeness (QED) is 0.811. The Balaban J connectivity index is 2.02. The topological polar surface area (TPSA) is 48.1 Å². The fourth-order valence-electron chi connectivity index (χ4n) is 1.56. The van der Waals surface area contributed by atoms with Gasteiger partial charge in [-0.1, -0.05) is 13.3 Å². The van der Waals surface area contributed by atoms with Crippen LogP contribution in [0.1, 0.15) is 25.5 Å². The Morgan fingerprint density at radius 3 is 2.67 bits per heavy atom. The predicted octanol–water partition coefficient (Wildman–Crippen LogP) is 3.45. The van der Waals surface area contributed by atoms with Gasteiger partial charge in [-0.2, -0.15) is 0 Å². The number of ether oxygens (including phenoxy) is 1. The third kappa shape index (κ3) is 3.31. The molecule has 0 radical (unpaired) electrons. The van der Waals surface area contributed by atoms with Crippen molar-refractivity contribution in [1.82, 2.24) is 4.98 Å². The molecule has 0 aliphatic carbocycles. The molecule has 1 heterocycles. The van der Waals surface area contributed by atoms with E-state index in [0.717, 1.165) is 41.5 Å². The van der Waals surface area contributed by atoms with E-state index in [1.807, 2.05) is 29.6 Å². The lowest BCUT2D eigenvalue weighted by Crippen LogP contribution is -1.96. The Kier molecular flexibility index (Phi) is 4.73. The molecule has 2 rings (SSSR count). The molecule has 0 amide bonds. The molecule has 0 spiro atoms. The summed E-state index contributed by atoms with van der Waals surface area (Å²) < 4.78 is 5.63. The average Bonchev–Trinajstić information content (AvgIpc) is 2.89. The SMILES string of the molecule is CCCCOc1ccc(-c2nc(CN)cs2)cc1. The van der Waals surface area contributed by atoms with Crippen LogP contribution >= 0.6 is 11.3 Å². The molecule has 0 fully saturated rings. The van der Waals surface area contributed by atoms with E-state index in [9.17, 15) is 0 Å². The highest BCUT2D eigenvalue weighted by Crippen LogP contribution is 2.25. The minimum absolute atomic E-state index is 0.495. The van der Waals surface area contributed by atoms with Gasteiger partial charge in [0, 0.05) is 17.5 Å². The van der Waals surface area contributed by atoms with Crippen LogP contribution in [0.25, 0.3) is 10.6 Å². The maximum absolute atomic E-state index is 5.63. The van der Waals surface area contributed by atoms with Crippen molar-refractivity contribution in [2.45, 2.75) is 26.3 Å². The number of thiazole rings is 1. The van der Waals surface area contributed by atoms with E-state index < -0.39 is 0 Å². The molecule has 4 heteroatoms. The summed E-state index contributed by atoms with van der Waals surface area (Å²) in [6.45, 7) is 3.43. The van der Waals surface area contributed by atoms with Crippen LogP contribution in [0, 0.1) is 0 Å². The maximum atomic E-state index is 5.63. The number of nitrogens with two attached hydrogens (primary N) is 1. The van der Waals surface area contributed by atoms with E-state index in [0.29, 0.717) is 6.54 Å². The van der Waals surface area contributed by atoms with Gasteiger partial charge in [-0.15, -0.1) is 11.3 Å². The van der Waals surface area contributed by atoms with Gasteiger partial charge in [-0.3, -0.25) is 0 Å². The Morgan fingerprint density at radius 1 is 1.28 bits per heavy atom. The van der Waals surface area contributed by atoms with E-state index in [1.165, 1.54) is 0 Å². The number of unbranched alkanes of at least 4 members (excludes halogenated alkanes) is 1. The summed E-state index contributed by atoms with van der Waals surface area (Å²) in [5.74, 6) is 0.919. The first-order chi connectivity index (χ1) is 8.83. The van der Waals surface area contributed by atoms with Crippen molar-refractivity contribution in [2.24, 2.45) is 5.73 Å². The Bertz CT molecular complexity index is 479. The number of rotatable bonds is 6. The molecule has 0 atom stereocenters. The lowest BCUT2D eigenvalue weighted by Gasteiger charge is -2.05. The largest absolute Gasteiger partial charge is 0.494 e. The molecule has 0 saturated carbocycles. The molecule has 0 saturated heterocycles. The standard InChI is InChI=1S/C14H18N2OS/c1-2-3-8-17-13-6-4-11(5-7-13)14-16-12(9-15)10-18-14/h4-7,10H,2-3,8-9,15H2,1H3. The molecule has 2 aromatic rings. The Morgan fingerprint density at radius 2 is 2.06 bits per heavy atom. The van der Waals surface area contributed by atoms with Crippen LogP contribution in [0.5, 0.6) is 5.75 Å². The van der Waals surface area contributed by atoms with Gasteiger partial charge in [-0.25, -0.2) is 4.98 Å². The van der Waals surface area contributed by atoms with E-state index >= 15 is 0 Å². The van der Waals surface area contributed by atoms with Crippen LogP contribution in [0.15, 0.2) is 29.6 Å². The molecule has 1 aromatic carbocycles. The molecule has 3 nitrogen and oxygen atoms in total. The molecule has 0 aliphatic heterocycles. The van der Waals surface area contributed by atoms with Crippen LogP contribution in [0.4, 0.5) is 0 Å². The predicted molar refractivity (Wildman–Crippen MR) is 75.8 cm³/mol. The number of benzene rings is 1. The van der Waals surface area contributed by atoms with E-state index in [-0.39, 0.29) is 0 Å². The van der Waals surface area contributed by atoms with Crippen molar-refractivity contribution < 1.29 is 4.74 Å². The van der Waals surface area contributed by atoms with Gasteiger partial charge in [0.2, 0.25) is 0 Å². The van der Waals surface area contributed by atoms with Gasteiger partial charge in [0.05, 0.1) is 12.3 Å². The van der Waals surface area contributed by atoms with Crippen molar-refractivity contribution in [1.29, 1.82) is 0 Å². The lowest BCUT2D eigenvalue weighted by molar-refractivity contribution is 0.309. The zero-order valence-corrected chi connectivity index (χ0v) is 11.4. The maximum Gasteiger partial charge on any atom is 0.123 e. The van der Waals surface area contributed by atoms with Gasteiger partial charge >= 0.3 is 0 Å². The molecule has 2 N–H and O–H groups in total. The number of nitrogens with zero attached hydrogens (tertiary/aromatic N) is 1. The fraction of sp³-hybridized carbons (Fsp3) is 0.357. The summed E-state index contributed by atoms with van der Waals surface area (Å²) in [5.41, 5.74) is 7.61. The summed E-state index contributed by atoms with van der Waals surface area (Å²) in [7, 11) is 0. The van der Waals surface area contributed by atoms with Gasteiger partial charge in [0.15, 0.2) is 0 Å². The minimum atomic E-state index is 0.495. The van der Waals surface area contributed by atoms with E-state index in [1.54, 1.807) is 11.3 Å². The highest BCUT2D eigenvalue weighted by molar-refractivity contribution is 7.13. The first-order valence-corrected chi connectivity index (χ1v) is 7.09. The number of hydrogen-bond donors (Lipinski definition) is 1. The summed E-state index contributed by atoms with van der Waals surface area (Å²) in [5, 5.41) is 3.01. The lowest BCUT2D eigenvalue weighted by atomic mass is 10.2. The van der Waals surface area contributed by atoms with Gasteiger partial charge < -0.3 is 10.5 Å². The zero-order valence-electron chi connectivity index (χ0n) is 10.6. The third-order valence-electron chi connectivity index (χ3n) is 2.63. The van der Waals surface area contributed by atoms with Crippen LogP contribution in [-0.2, 0) is 6.54 Å². The molecule has 0 bridgehead atoms. The van der Waals surface area contributed by atoms with Crippen LogP contribution < -0.4 is 10.5 Å². The molecular formula is C14H18N2OS. The highest BCUT2D eigenvalue weighted by Gasteiger charge is 2.03. The third-order valence-corrected chi connectivity index (χ3v) is 3.57. The second kappa shape index (κ2) is 6.52. The molecule has 0 aliphatic rings. The Labute approximate surface area is 112 Å². The van der Waals surface area contributed by atoms with E-state index in [2.05, 4.69) is 11.9 Å². The smallest absolute Gasteiger partial charge is 0.123 e. The highest BCUT2D eigenvalue weighted by atomic mass is 32.1. The summed E-state index contributed by atoms with van der Waals surface area (Å²) >= 11 is 1.62. The van der Waals surface area contributed by atoms with Gasteiger partial charge in [0.1, 0.15) is 10.8 Å². The van der Waals surface area contributed by atoms with Crippen LogP contribution in [0.3, 0.4) is 0 Å². The monoisotopic (exact) mass is 262 g/mol. The zero-order chi connectivity index (χ0) is 12.8. The first kappa shape index (κ1) is 13.1. The minimum Gasteiger partial charge on any atom is -0.494 e. The van der Waals surface area contributed by atoms with Crippen molar-refractivity contribution in [3.8, 4) is 16.3 Å². The second-order valence-electron chi connectivity index (χ2n) is 4.07.